The molecule has 0 aliphatic carbocycles. The molecule has 0 heterocycles. The van der Waals surface area contributed by atoms with Crippen LogP contribution in [0.25, 0.3) is 0 Å². The van der Waals surface area contributed by atoms with E-state index in [2.05, 4.69) is 21.2 Å². The Morgan fingerprint density at radius 3 is 2.54 bits per heavy atom. The molecular weight excluding hydrogens is 234 g/mol. The molecule has 13 heavy (non-hydrogen) atoms. The molecule has 1 rings (SSSR count). The van der Waals surface area contributed by atoms with Crippen molar-refractivity contribution in [2.45, 2.75) is 6.42 Å². The number of rotatable bonds is 3. The van der Waals surface area contributed by atoms with Gasteiger partial charge in [0.2, 0.25) is 5.91 Å². The Bertz CT molecular complexity index is 284. The van der Waals surface area contributed by atoms with Gasteiger partial charge in [0.15, 0.2) is 0 Å². The lowest BCUT2D eigenvalue weighted by atomic mass is 10.3. The number of hydrogen-bond acceptors (Lipinski definition) is 2. The molecule has 0 aliphatic rings. The van der Waals surface area contributed by atoms with Crippen molar-refractivity contribution < 1.29 is 9.90 Å². The van der Waals surface area contributed by atoms with Crippen LogP contribution >= 0.6 is 15.9 Å². The summed E-state index contributed by atoms with van der Waals surface area (Å²) in [6.07, 6.45) is 0.135. The third-order valence-electron chi connectivity index (χ3n) is 1.47. The van der Waals surface area contributed by atoms with Gasteiger partial charge in [-0.25, -0.2) is 0 Å². The van der Waals surface area contributed by atoms with E-state index in [-0.39, 0.29) is 18.9 Å². The number of carbonyl (C=O) groups excluding carboxylic acids is 1. The van der Waals surface area contributed by atoms with Crippen LogP contribution in [0.5, 0.6) is 0 Å². The van der Waals surface area contributed by atoms with Crippen LogP contribution in [-0.2, 0) is 4.79 Å². The second kappa shape index (κ2) is 4.99. The first-order valence-corrected chi connectivity index (χ1v) is 4.68. The molecule has 4 heteroatoms. The van der Waals surface area contributed by atoms with Crippen molar-refractivity contribution in [2.75, 3.05) is 11.9 Å². The molecular formula is C9H10BrNO2. The molecule has 1 aromatic carbocycles. The standard InChI is InChI=1S/C9H10BrNO2/c10-7-1-3-8(4-2-7)11-9(13)5-6-12/h1-4,12H,5-6H2,(H,11,13). The van der Waals surface area contributed by atoms with Gasteiger partial charge in [-0.1, -0.05) is 15.9 Å². The van der Waals surface area contributed by atoms with Gasteiger partial charge in [-0.3, -0.25) is 4.79 Å². The number of halogens is 1. The molecule has 0 spiro atoms. The largest absolute Gasteiger partial charge is 0.396 e. The third-order valence-corrected chi connectivity index (χ3v) is 2.00. The number of amides is 1. The molecule has 3 nitrogen and oxygen atoms in total. The highest BCUT2D eigenvalue weighted by Gasteiger charge is 1.99. The predicted molar refractivity (Wildman–Crippen MR) is 54.5 cm³/mol. The van der Waals surface area contributed by atoms with Crippen molar-refractivity contribution in [1.29, 1.82) is 0 Å². The maximum absolute atomic E-state index is 11.0. The van der Waals surface area contributed by atoms with E-state index >= 15 is 0 Å². The summed E-state index contributed by atoms with van der Waals surface area (Å²) in [5, 5.41) is 11.1. The Balaban J connectivity index is 2.54. The van der Waals surface area contributed by atoms with Crippen molar-refractivity contribution in [1.82, 2.24) is 0 Å². The lowest BCUT2D eigenvalue weighted by Crippen LogP contribution is -2.12. The van der Waals surface area contributed by atoms with Crippen molar-refractivity contribution in [3.05, 3.63) is 28.7 Å². The Hall–Kier alpha value is -0.870. The van der Waals surface area contributed by atoms with Crippen LogP contribution in [0.4, 0.5) is 5.69 Å². The second-order valence-electron chi connectivity index (χ2n) is 2.53. The van der Waals surface area contributed by atoms with E-state index in [1.807, 2.05) is 12.1 Å². The lowest BCUT2D eigenvalue weighted by Gasteiger charge is -2.03. The van der Waals surface area contributed by atoms with E-state index in [1.54, 1.807) is 12.1 Å². The summed E-state index contributed by atoms with van der Waals surface area (Å²) in [5.41, 5.74) is 0.738. The predicted octanol–water partition coefficient (Wildman–Crippen LogP) is 1.77. The number of aliphatic hydroxyl groups is 1. The Morgan fingerprint density at radius 1 is 1.38 bits per heavy atom. The molecule has 0 bridgehead atoms. The minimum absolute atomic E-state index is 0.123. The lowest BCUT2D eigenvalue weighted by molar-refractivity contribution is -0.116. The zero-order chi connectivity index (χ0) is 9.68. The molecule has 0 saturated carbocycles. The fourth-order valence-corrected chi connectivity index (χ4v) is 1.12. The molecule has 70 valence electrons. The van der Waals surface area contributed by atoms with E-state index in [0.717, 1.165) is 10.2 Å². The van der Waals surface area contributed by atoms with Crippen LogP contribution < -0.4 is 5.32 Å². The van der Waals surface area contributed by atoms with Gasteiger partial charge in [0.25, 0.3) is 0 Å². The van der Waals surface area contributed by atoms with Gasteiger partial charge in [0.1, 0.15) is 0 Å². The molecule has 2 N–H and O–H groups in total. The molecule has 0 unspecified atom stereocenters. The number of anilines is 1. The van der Waals surface area contributed by atoms with E-state index in [0.29, 0.717) is 0 Å². The maximum atomic E-state index is 11.0. The SMILES string of the molecule is O=C(CCO)Nc1ccc(Br)cc1. The molecule has 0 aromatic heterocycles. The Morgan fingerprint density at radius 2 is 2.00 bits per heavy atom. The van der Waals surface area contributed by atoms with E-state index < -0.39 is 0 Å². The number of aliphatic hydroxyl groups excluding tert-OH is 1. The number of nitrogens with one attached hydrogen (secondary N) is 1. The highest BCUT2D eigenvalue weighted by atomic mass is 79.9. The highest BCUT2D eigenvalue weighted by molar-refractivity contribution is 9.10. The minimum atomic E-state index is -0.176. The van der Waals surface area contributed by atoms with Gasteiger partial charge in [0.05, 0.1) is 13.0 Å². The minimum Gasteiger partial charge on any atom is -0.396 e. The summed E-state index contributed by atoms with van der Waals surface area (Å²) < 4.78 is 0.965. The zero-order valence-corrected chi connectivity index (χ0v) is 8.54. The van der Waals surface area contributed by atoms with Gasteiger partial charge in [-0.15, -0.1) is 0 Å². The van der Waals surface area contributed by atoms with Crippen LogP contribution in [0.15, 0.2) is 28.7 Å². The monoisotopic (exact) mass is 243 g/mol. The van der Waals surface area contributed by atoms with Crippen LogP contribution in [0, 0.1) is 0 Å². The molecule has 0 saturated heterocycles. The maximum Gasteiger partial charge on any atom is 0.226 e. The van der Waals surface area contributed by atoms with Gasteiger partial charge in [0, 0.05) is 10.2 Å². The van der Waals surface area contributed by atoms with Crippen molar-refractivity contribution in [2.24, 2.45) is 0 Å². The topological polar surface area (TPSA) is 49.3 Å². The smallest absolute Gasteiger partial charge is 0.226 e. The van der Waals surface area contributed by atoms with Crippen molar-refractivity contribution in [3.63, 3.8) is 0 Å². The van der Waals surface area contributed by atoms with Gasteiger partial charge in [-0.2, -0.15) is 0 Å². The summed E-state index contributed by atoms with van der Waals surface area (Å²) >= 11 is 3.29. The van der Waals surface area contributed by atoms with Gasteiger partial charge < -0.3 is 10.4 Å². The van der Waals surface area contributed by atoms with E-state index in [4.69, 9.17) is 5.11 Å². The number of carbonyl (C=O) groups is 1. The third kappa shape index (κ3) is 3.57. The average molecular weight is 244 g/mol. The normalized spacial score (nSPS) is 9.69. The van der Waals surface area contributed by atoms with Crippen LogP contribution in [0.1, 0.15) is 6.42 Å². The highest BCUT2D eigenvalue weighted by Crippen LogP contribution is 2.13. The first kappa shape index (κ1) is 10.2. The number of benzene rings is 1. The van der Waals surface area contributed by atoms with E-state index in [1.165, 1.54) is 0 Å². The molecule has 0 fully saturated rings. The second-order valence-corrected chi connectivity index (χ2v) is 3.44. The Labute approximate surface area is 84.9 Å². The molecule has 1 aromatic rings. The molecule has 0 radical (unpaired) electrons. The summed E-state index contributed by atoms with van der Waals surface area (Å²) in [7, 11) is 0. The Kier molecular flexibility index (Phi) is 3.92. The first-order valence-electron chi connectivity index (χ1n) is 3.88. The average Bonchev–Trinajstić information content (AvgIpc) is 2.09. The van der Waals surface area contributed by atoms with Crippen LogP contribution in [0.2, 0.25) is 0 Å². The summed E-state index contributed by atoms with van der Waals surface area (Å²) in [5.74, 6) is -0.176. The summed E-state index contributed by atoms with van der Waals surface area (Å²) in [6.45, 7) is -0.123. The molecule has 1 amide bonds. The van der Waals surface area contributed by atoms with Crippen molar-refractivity contribution >= 4 is 27.5 Å². The fraction of sp³-hybridized carbons (Fsp3) is 0.222. The fourth-order valence-electron chi connectivity index (χ4n) is 0.858. The summed E-state index contributed by atoms with van der Waals surface area (Å²) in [4.78, 5) is 11.0. The zero-order valence-electron chi connectivity index (χ0n) is 6.96. The number of hydrogen-bond donors (Lipinski definition) is 2. The van der Waals surface area contributed by atoms with E-state index in [9.17, 15) is 4.79 Å². The van der Waals surface area contributed by atoms with Gasteiger partial charge in [-0.05, 0) is 24.3 Å². The first-order chi connectivity index (χ1) is 6.22. The van der Waals surface area contributed by atoms with Crippen LogP contribution in [0.3, 0.4) is 0 Å². The molecule has 0 aliphatic heterocycles. The van der Waals surface area contributed by atoms with Gasteiger partial charge >= 0.3 is 0 Å². The summed E-state index contributed by atoms with van der Waals surface area (Å²) in [6, 6.07) is 7.27. The van der Waals surface area contributed by atoms with Crippen LogP contribution in [-0.4, -0.2) is 17.6 Å². The quantitative estimate of drug-likeness (QED) is 0.851. The van der Waals surface area contributed by atoms with Crippen molar-refractivity contribution in [3.8, 4) is 0 Å². The molecule has 0 atom stereocenters.